The van der Waals surface area contributed by atoms with E-state index in [0.717, 1.165) is 6.08 Å². The molecular formula is C17H13F4N3O5. The first-order chi connectivity index (χ1) is 13.7. The third-order valence-electron chi connectivity index (χ3n) is 3.86. The third-order valence-corrected chi connectivity index (χ3v) is 3.86. The minimum Gasteiger partial charge on any atom is -0.615 e. The Morgan fingerprint density at radius 2 is 2.00 bits per heavy atom. The molecule has 0 bridgehead atoms. The minimum atomic E-state index is -4.61. The number of alkyl halides is 3. The summed E-state index contributed by atoms with van der Waals surface area (Å²) in [5.74, 6) is -1.94. The van der Waals surface area contributed by atoms with Crippen molar-refractivity contribution in [1.82, 2.24) is 10.5 Å². The Kier molecular flexibility index (Phi) is 5.55. The zero-order valence-corrected chi connectivity index (χ0v) is 14.5. The fourth-order valence-corrected chi connectivity index (χ4v) is 2.41. The molecule has 2 N–H and O–H groups in total. The van der Waals surface area contributed by atoms with Gasteiger partial charge in [-0.05, 0) is 24.3 Å². The highest BCUT2D eigenvalue weighted by Gasteiger charge is 2.36. The van der Waals surface area contributed by atoms with Crippen LogP contribution in [0.1, 0.15) is 11.3 Å². The van der Waals surface area contributed by atoms with Crippen LogP contribution in [0.5, 0.6) is 0 Å². The van der Waals surface area contributed by atoms with E-state index in [0.29, 0.717) is 5.56 Å². The van der Waals surface area contributed by atoms with E-state index in [4.69, 9.17) is 9.26 Å². The summed E-state index contributed by atoms with van der Waals surface area (Å²) in [6.45, 7) is -2.40. The number of benzene rings is 1. The molecular weight excluding hydrogens is 402 g/mol. The number of hydroxylamine groups is 1. The zero-order chi connectivity index (χ0) is 21.2. The Morgan fingerprint density at radius 1 is 1.31 bits per heavy atom. The standard InChI is InChI=1S/C17H13F4N3O5/c18-10-3-1-9(2-4-10)15-11(13(6-25)29-23-15)7-28-14-5-12(24(14)27)16(26)22-8-17(19,20)21/h1-5,25H,6-8H2,(H,22,26). The third kappa shape index (κ3) is 4.54. The number of carbonyl (C=O) groups is 1. The number of nitrogens with zero attached hydrogens (tertiary/aromatic N) is 2. The normalized spacial score (nSPS) is 13.8. The van der Waals surface area contributed by atoms with Crippen molar-refractivity contribution in [1.29, 1.82) is 0 Å². The van der Waals surface area contributed by atoms with Gasteiger partial charge in [-0.3, -0.25) is 4.79 Å². The van der Waals surface area contributed by atoms with E-state index < -0.39 is 36.8 Å². The summed E-state index contributed by atoms with van der Waals surface area (Å²) in [5, 5.41) is 26.6. The number of rotatable bonds is 7. The first kappa shape index (κ1) is 20.3. The molecule has 12 heteroatoms. The summed E-state index contributed by atoms with van der Waals surface area (Å²) < 4.78 is 59.7. The number of nitrogens with one attached hydrogen (secondary N) is 1. The van der Waals surface area contributed by atoms with Gasteiger partial charge in [0.05, 0.1) is 5.56 Å². The van der Waals surface area contributed by atoms with Crippen molar-refractivity contribution < 1.29 is 41.5 Å². The number of hydrogen-bond donors (Lipinski definition) is 2. The summed E-state index contributed by atoms with van der Waals surface area (Å²) in [4.78, 5) is 11.5. The van der Waals surface area contributed by atoms with Crippen LogP contribution in [0.3, 0.4) is 0 Å². The van der Waals surface area contributed by atoms with Gasteiger partial charge in [0.2, 0.25) is 0 Å². The van der Waals surface area contributed by atoms with Gasteiger partial charge in [0.1, 0.15) is 37.3 Å². The molecule has 0 saturated heterocycles. The predicted molar refractivity (Wildman–Crippen MR) is 88.4 cm³/mol. The van der Waals surface area contributed by atoms with E-state index in [1.165, 1.54) is 24.3 Å². The number of ether oxygens (including phenoxy) is 1. The average Bonchev–Trinajstić information content (AvgIpc) is 3.08. The Balaban J connectivity index is 1.67. The lowest BCUT2D eigenvalue weighted by atomic mass is 10.1. The van der Waals surface area contributed by atoms with Crippen LogP contribution in [0.25, 0.3) is 11.3 Å². The largest absolute Gasteiger partial charge is 0.615 e. The van der Waals surface area contributed by atoms with E-state index in [9.17, 15) is 32.7 Å². The van der Waals surface area contributed by atoms with Gasteiger partial charge >= 0.3 is 18.0 Å². The molecule has 0 fully saturated rings. The van der Waals surface area contributed by atoms with E-state index in [1.807, 2.05) is 0 Å². The van der Waals surface area contributed by atoms with Crippen molar-refractivity contribution in [3.8, 4) is 11.3 Å². The van der Waals surface area contributed by atoms with Gasteiger partial charge in [0.15, 0.2) is 5.76 Å². The van der Waals surface area contributed by atoms with E-state index >= 15 is 0 Å². The SMILES string of the molecule is O=C(NCC(F)(F)F)C1=[N+]([O-])C(OCc2c(-c3ccc(F)cc3)noc2CO)=C1. The second-order valence-corrected chi connectivity index (χ2v) is 5.85. The fourth-order valence-electron chi connectivity index (χ4n) is 2.41. The Hall–Kier alpha value is -3.41. The van der Waals surface area contributed by atoms with Gasteiger partial charge in [-0.15, -0.1) is 4.74 Å². The summed E-state index contributed by atoms with van der Waals surface area (Å²) in [6.07, 6.45) is -3.63. The van der Waals surface area contributed by atoms with E-state index in [1.54, 1.807) is 5.32 Å². The maximum absolute atomic E-state index is 13.1. The lowest BCUT2D eigenvalue weighted by Crippen LogP contribution is -2.43. The van der Waals surface area contributed by atoms with Gasteiger partial charge in [-0.1, -0.05) is 5.16 Å². The van der Waals surface area contributed by atoms with Crippen molar-refractivity contribution in [3.05, 3.63) is 58.6 Å². The molecule has 0 unspecified atom stereocenters. The molecule has 29 heavy (non-hydrogen) atoms. The smallest absolute Gasteiger partial charge is 0.405 e. The molecule has 1 aliphatic rings. The van der Waals surface area contributed by atoms with Gasteiger partial charge in [-0.25, -0.2) is 4.39 Å². The number of carbonyl (C=O) groups excluding carboxylic acids is 1. The number of hydrogen-bond acceptors (Lipinski definition) is 6. The Bertz CT molecular complexity index is 980. The molecule has 1 aromatic heterocycles. The lowest BCUT2D eigenvalue weighted by molar-refractivity contribution is -0.455. The fraction of sp³-hybridized carbons (Fsp3) is 0.235. The summed E-state index contributed by atoms with van der Waals surface area (Å²) in [6, 6.07) is 5.25. The quantitative estimate of drug-likeness (QED) is 0.407. The van der Waals surface area contributed by atoms with Crippen molar-refractivity contribution in [2.24, 2.45) is 0 Å². The summed E-state index contributed by atoms with van der Waals surface area (Å²) >= 11 is 0. The maximum atomic E-state index is 13.1. The van der Waals surface area contributed by atoms with E-state index in [-0.39, 0.29) is 34.2 Å². The van der Waals surface area contributed by atoms with Gasteiger partial charge in [0, 0.05) is 5.56 Å². The van der Waals surface area contributed by atoms with Crippen molar-refractivity contribution in [3.63, 3.8) is 0 Å². The Morgan fingerprint density at radius 3 is 2.59 bits per heavy atom. The maximum Gasteiger partial charge on any atom is 0.405 e. The predicted octanol–water partition coefficient (Wildman–Crippen LogP) is 1.97. The van der Waals surface area contributed by atoms with Crippen LogP contribution in [-0.2, 0) is 22.7 Å². The second kappa shape index (κ2) is 7.91. The molecule has 154 valence electrons. The highest BCUT2D eigenvalue weighted by Crippen LogP contribution is 2.28. The van der Waals surface area contributed by atoms with Crippen LogP contribution in [-0.4, -0.2) is 39.3 Å². The molecule has 8 nitrogen and oxygen atoms in total. The molecule has 1 aromatic carbocycles. The lowest BCUT2D eigenvalue weighted by Gasteiger charge is -2.17. The first-order valence-electron chi connectivity index (χ1n) is 8.07. The first-order valence-corrected chi connectivity index (χ1v) is 8.07. The van der Waals surface area contributed by atoms with Crippen LogP contribution in [0, 0.1) is 11.0 Å². The molecule has 0 aliphatic carbocycles. The molecule has 1 amide bonds. The van der Waals surface area contributed by atoms with Crippen LogP contribution in [0.4, 0.5) is 17.6 Å². The number of aliphatic hydroxyl groups excluding tert-OH is 1. The molecule has 0 saturated carbocycles. The van der Waals surface area contributed by atoms with Gasteiger partial charge in [0.25, 0.3) is 5.71 Å². The van der Waals surface area contributed by atoms with Crippen LogP contribution >= 0.6 is 0 Å². The van der Waals surface area contributed by atoms with Gasteiger partial charge < -0.3 is 24.9 Å². The van der Waals surface area contributed by atoms with Crippen molar-refractivity contribution in [2.45, 2.75) is 19.4 Å². The topological polar surface area (TPSA) is 111 Å². The molecule has 2 heterocycles. The Labute approximate surface area is 160 Å². The summed E-state index contributed by atoms with van der Waals surface area (Å²) in [5.41, 5.74) is 0.450. The highest BCUT2D eigenvalue weighted by molar-refractivity contribution is 6.42. The average molecular weight is 415 g/mol. The zero-order valence-electron chi connectivity index (χ0n) is 14.5. The van der Waals surface area contributed by atoms with Crippen LogP contribution in [0.15, 0.2) is 40.7 Å². The molecule has 3 rings (SSSR count). The van der Waals surface area contributed by atoms with Crippen molar-refractivity contribution >= 4 is 11.6 Å². The van der Waals surface area contributed by atoms with Crippen LogP contribution < -0.4 is 5.32 Å². The highest BCUT2D eigenvalue weighted by atomic mass is 19.4. The molecule has 0 spiro atoms. The summed E-state index contributed by atoms with van der Waals surface area (Å²) in [7, 11) is 0. The molecule has 2 aromatic rings. The number of aliphatic hydroxyl groups is 1. The molecule has 0 atom stereocenters. The van der Waals surface area contributed by atoms with Crippen LogP contribution in [0.2, 0.25) is 0 Å². The number of amides is 1. The van der Waals surface area contributed by atoms with Crippen molar-refractivity contribution in [2.75, 3.05) is 6.54 Å². The molecule has 0 radical (unpaired) electrons. The van der Waals surface area contributed by atoms with E-state index in [2.05, 4.69) is 5.16 Å². The minimum absolute atomic E-state index is 0.0371. The second-order valence-electron chi connectivity index (χ2n) is 5.85. The number of halogens is 4. The van der Waals surface area contributed by atoms with Gasteiger partial charge in [-0.2, -0.15) is 13.2 Å². The monoisotopic (exact) mass is 415 g/mol. The number of aromatic nitrogens is 1. The molecule has 1 aliphatic heterocycles.